The third-order valence-electron chi connectivity index (χ3n) is 4.36. The van der Waals surface area contributed by atoms with Crippen LogP contribution >= 0.6 is 0 Å². The lowest BCUT2D eigenvalue weighted by Gasteiger charge is -2.34. The first-order valence-corrected chi connectivity index (χ1v) is 12.0. The number of fused-ring (bicyclic) bond motifs is 1. The van der Waals surface area contributed by atoms with Crippen molar-refractivity contribution in [3.8, 4) is 5.75 Å². The molecule has 1 aliphatic rings. The predicted octanol–water partition coefficient (Wildman–Crippen LogP) is 0.419. The Kier molecular flexibility index (Phi) is 6.07. The van der Waals surface area contributed by atoms with Crippen LogP contribution in [0.2, 0.25) is 0 Å². The summed E-state index contributed by atoms with van der Waals surface area (Å²) in [6, 6.07) is 4.61. The van der Waals surface area contributed by atoms with Crippen molar-refractivity contribution >= 4 is 31.6 Å². The smallest absolute Gasteiger partial charge is 0.257 e. The van der Waals surface area contributed by atoms with Gasteiger partial charge in [0.2, 0.25) is 20.0 Å². The highest BCUT2D eigenvalue weighted by Crippen LogP contribution is 2.34. The van der Waals surface area contributed by atoms with Gasteiger partial charge in [-0.25, -0.2) is 21.1 Å². The van der Waals surface area contributed by atoms with Gasteiger partial charge in [0.15, 0.2) is 5.75 Å². The van der Waals surface area contributed by atoms with Crippen LogP contribution in [0.5, 0.6) is 5.75 Å². The molecular weight excluding hydrogens is 394 g/mol. The lowest BCUT2D eigenvalue weighted by molar-refractivity contribution is 0.0607. The minimum Gasteiger partial charge on any atom is -0.486 e. The van der Waals surface area contributed by atoms with Crippen LogP contribution in [0, 0.1) is 5.92 Å². The number of carbonyl (C=O) groups is 1. The zero-order valence-electron chi connectivity index (χ0n) is 16.0. The van der Waals surface area contributed by atoms with E-state index in [1.165, 1.54) is 22.3 Å². The second kappa shape index (κ2) is 7.64. The van der Waals surface area contributed by atoms with Crippen LogP contribution in [0.4, 0.5) is 5.69 Å². The van der Waals surface area contributed by atoms with E-state index in [1.807, 2.05) is 6.92 Å². The second-order valence-corrected chi connectivity index (χ2v) is 10.8. The molecule has 0 spiro atoms. The Labute approximate surface area is 160 Å². The minimum atomic E-state index is -3.60. The molecule has 1 aromatic rings. The number of sulfonamides is 2. The lowest BCUT2D eigenvalue weighted by atomic mass is 10.0. The Balaban J connectivity index is 2.53. The lowest BCUT2D eigenvalue weighted by Crippen LogP contribution is -2.46. The molecule has 1 N–H and O–H groups in total. The summed E-state index contributed by atoms with van der Waals surface area (Å²) in [5.74, 6) is -0.398. The van der Waals surface area contributed by atoms with Crippen molar-refractivity contribution in [2.45, 2.75) is 13.0 Å². The average molecular weight is 420 g/mol. The van der Waals surface area contributed by atoms with Crippen molar-refractivity contribution in [1.29, 1.82) is 0 Å². The number of ether oxygens (including phenoxy) is 1. The van der Waals surface area contributed by atoms with Crippen molar-refractivity contribution in [1.82, 2.24) is 9.21 Å². The summed E-state index contributed by atoms with van der Waals surface area (Å²) in [5.41, 5.74) is 0.350. The summed E-state index contributed by atoms with van der Waals surface area (Å²) < 4.78 is 56.5. The van der Waals surface area contributed by atoms with E-state index in [0.29, 0.717) is 6.54 Å². The molecule has 0 aromatic heterocycles. The van der Waals surface area contributed by atoms with E-state index in [4.69, 9.17) is 4.74 Å². The molecule has 1 heterocycles. The van der Waals surface area contributed by atoms with E-state index in [-0.39, 0.29) is 35.4 Å². The van der Waals surface area contributed by atoms with Crippen molar-refractivity contribution < 1.29 is 26.4 Å². The van der Waals surface area contributed by atoms with E-state index in [1.54, 1.807) is 19.2 Å². The summed E-state index contributed by atoms with van der Waals surface area (Å²) in [6.07, 6.45) is 1.52. The van der Waals surface area contributed by atoms with Gasteiger partial charge in [-0.1, -0.05) is 13.0 Å². The van der Waals surface area contributed by atoms with Gasteiger partial charge in [-0.15, -0.1) is 0 Å². The Hall–Kier alpha value is -1.85. The summed E-state index contributed by atoms with van der Waals surface area (Å²) in [5, 5.41) is 0. The molecule has 1 amide bonds. The fourth-order valence-corrected chi connectivity index (χ4v) is 3.80. The Morgan fingerprint density at radius 1 is 1.26 bits per heavy atom. The first-order valence-electron chi connectivity index (χ1n) is 8.24. The number of para-hydroxylation sites is 1. The zero-order valence-corrected chi connectivity index (χ0v) is 17.6. The molecule has 152 valence electrons. The van der Waals surface area contributed by atoms with Crippen LogP contribution in [-0.2, 0) is 20.0 Å². The molecule has 11 heteroatoms. The van der Waals surface area contributed by atoms with Gasteiger partial charge in [-0.05, 0) is 12.1 Å². The van der Waals surface area contributed by atoms with Crippen LogP contribution in [0.1, 0.15) is 17.3 Å². The van der Waals surface area contributed by atoms with Gasteiger partial charge >= 0.3 is 0 Å². The first-order chi connectivity index (χ1) is 12.3. The fourth-order valence-electron chi connectivity index (χ4n) is 2.82. The van der Waals surface area contributed by atoms with Gasteiger partial charge in [-0.2, -0.15) is 0 Å². The fraction of sp³-hybridized carbons (Fsp3) is 0.562. The maximum atomic E-state index is 12.7. The summed E-state index contributed by atoms with van der Waals surface area (Å²) in [4.78, 5) is 14.2. The number of amides is 1. The topological polar surface area (TPSA) is 113 Å². The molecule has 0 unspecified atom stereocenters. The van der Waals surface area contributed by atoms with Gasteiger partial charge in [0.05, 0.1) is 30.3 Å². The third-order valence-corrected chi connectivity index (χ3v) is 6.23. The molecule has 0 aliphatic carbocycles. The van der Waals surface area contributed by atoms with Crippen LogP contribution < -0.4 is 9.46 Å². The summed E-state index contributed by atoms with van der Waals surface area (Å²) >= 11 is 0. The minimum absolute atomic E-state index is 0.0642. The Morgan fingerprint density at radius 2 is 1.89 bits per heavy atom. The van der Waals surface area contributed by atoms with Gasteiger partial charge in [0.25, 0.3) is 5.91 Å². The van der Waals surface area contributed by atoms with E-state index < -0.39 is 26.2 Å². The summed E-state index contributed by atoms with van der Waals surface area (Å²) in [6.45, 7) is 2.28. The highest BCUT2D eigenvalue weighted by Gasteiger charge is 2.32. The van der Waals surface area contributed by atoms with Gasteiger partial charge in [0, 0.05) is 26.6 Å². The Morgan fingerprint density at radius 3 is 2.44 bits per heavy atom. The molecule has 0 radical (unpaired) electrons. The molecule has 0 bridgehead atoms. The van der Waals surface area contributed by atoms with Gasteiger partial charge in [-0.3, -0.25) is 9.52 Å². The van der Waals surface area contributed by atoms with E-state index in [9.17, 15) is 21.6 Å². The number of benzene rings is 1. The van der Waals surface area contributed by atoms with Gasteiger partial charge < -0.3 is 9.64 Å². The largest absolute Gasteiger partial charge is 0.486 e. The van der Waals surface area contributed by atoms with Crippen LogP contribution in [0.3, 0.4) is 0 Å². The molecule has 9 nitrogen and oxygen atoms in total. The predicted molar refractivity (Wildman–Crippen MR) is 103 cm³/mol. The van der Waals surface area contributed by atoms with Crippen molar-refractivity contribution in [2.75, 3.05) is 44.4 Å². The number of likely N-dealkylation sites (N-methyl/N-ethyl adjacent to an activating group) is 1. The first kappa shape index (κ1) is 21.5. The number of rotatable bonds is 5. The van der Waals surface area contributed by atoms with Crippen LogP contribution in [0.15, 0.2) is 18.2 Å². The highest BCUT2D eigenvalue weighted by atomic mass is 32.2. The maximum Gasteiger partial charge on any atom is 0.257 e. The summed E-state index contributed by atoms with van der Waals surface area (Å²) in [7, 11) is -3.94. The zero-order chi connectivity index (χ0) is 20.6. The van der Waals surface area contributed by atoms with E-state index in [0.717, 1.165) is 12.5 Å². The number of nitrogens with one attached hydrogen (secondary N) is 1. The molecule has 2 atom stereocenters. The number of nitrogens with zero attached hydrogens (tertiary/aromatic N) is 2. The van der Waals surface area contributed by atoms with Crippen LogP contribution in [-0.4, -0.2) is 77.7 Å². The molecule has 2 rings (SSSR count). The Bertz CT molecular complexity index is 929. The molecule has 0 saturated heterocycles. The second-order valence-electron chi connectivity index (χ2n) is 6.92. The maximum absolute atomic E-state index is 12.7. The molecule has 0 fully saturated rings. The average Bonchev–Trinajstić information content (AvgIpc) is 2.51. The highest BCUT2D eigenvalue weighted by molar-refractivity contribution is 7.92. The van der Waals surface area contributed by atoms with Crippen LogP contribution in [0.25, 0.3) is 0 Å². The number of hydrogen-bond acceptors (Lipinski definition) is 6. The SMILES string of the molecule is C[C@H]1CN(C)C(=O)c2cccc(NS(C)(=O)=O)c2O[C@@H]1CN(C)S(C)(=O)=O. The number of carbonyl (C=O) groups excluding carboxylic acids is 1. The quantitative estimate of drug-likeness (QED) is 0.740. The molecule has 1 aromatic carbocycles. The number of anilines is 1. The third kappa shape index (κ3) is 5.33. The van der Waals surface area contributed by atoms with Gasteiger partial charge in [0.1, 0.15) is 6.10 Å². The number of hydrogen-bond donors (Lipinski definition) is 1. The molecule has 27 heavy (non-hydrogen) atoms. The normalized spacial score (nSPS) is 21.3. The van der Waals surface area contributed by atoms with E-state index >= 15 is 0 Å². The molecular formula is C16H25N3O6S2. The standard InChI is InChI=1S/C16H25N3O6S2/c1-11-9-18(2)16(20)12-7-6-8-13(17-26(4,21)22)15(12)25-14(11)10-19(3)27(5,23)24/h6-8,11,14,17H,9-10H2,1-5H3/t11-,14+/m0/s1. The molecule has 1 aliphatic heterocycles. The molecule has 0 saturated carbocycles. The monoisotopic (exact) mass is 419 g/mol. The van der Waals surface area contributed by atoms with Crippen molar-refractivity contribution in [2.24, 2.45) is 5.92 Å². The van der Waals surface area contributed by atoms with E-state index in [2.05, 4.69) is 4.72 Å². The van der Waals surface area contributed by atoms with Crippen molar-refractivity contribution in [3.05, 3.63) is 23.8 Å². The van der Waals surface area contributed by atoms with Crippen molar-refractivity contribution in [3.63, 3.8) is 0 Å².